The Morgan fingerprint density at radius 2 is 2.05 bits per heavy atom. The molecular weight excluding hydrogens is 236 g/mol. The first-order valence-corrected chi connectivity index (χ1v) is 7.32. The van der Waals surface area contributed by atoms with Crippen LogP contribution in [-0.2, 0) is 11.3 Å². The van der Waals surface area contributed by atoms with Crippen LogP contribution in [0.4, 0.5) is 0 Å². The Hall–Kier alpha value is -0.900. The van der Waals surface area contributed by atoms with Gasteiger partial charge in [-0.1, -0.05) is 31.2 Å². The molecule has 0 aliphatic carbocycles. The predicted molar refractivity (Wildman–Crippen MR) is 78.9 cm³/mol. The molecular formula is C16H26N2O. The second-order valence-corrected chi connectivity index (χ2v) is 5.39. The summed E-state index contributed by atoms with van der Waals surface area (Å²) in [6, 6.07) is 9.33. The molecule has 3 heteroatoms. The van der Waals surface area contributed by atoms with Gasteiger partial charge in [0.05, 0.1) is 6.61 Å². The summed E-state index contributed by atoms with van der Waals surface area (Å²) in [4.78, 5) is 2.56. The van der Waals surface area contributed by atoms with E-state index < -0.39 is 0 Å². The number of methoxy groups -OCH3 is 1. The lowest BCUT2D eigenvalue weighted by molar-refractivity contribution is 0.102. The van der Waals surface area contributed by atoms with E-state index in [0.29, 0.717) is 18.6 Å². The fourth-order valence-electron chi connectivity index (χ4n) is 3.21. The van der Waals surface area contributed by atoms with E-state index in [1.807, 2.05) is 0 Å². The van der Waals surface area contributed by atoms with Gasteiger partial charge in [0.1, 0.15) is 0 Å². The van der Waals surface area contributed by atoms with Crippen molar-refractivity contribution >= 4 is 0 Å². The van der Waals surface area contributed by atoms with Gasteiger partial charge in [-0.3, -0.25) is 4.90 Å². The van der Waals surface area contributed by atoms with Gasteiger partial charge >= 0.3 is 0 Å². The molecule has 1 heterocycles. The molecule has 0 aromatic heterocycles. The van der Waals surface area contributed by atoms with E-state index in [9.17, 15) is 0 Å². The van der Waals surface area contributed by atoms with Crippen LogP contribution in [-0.4, -0.2) is 31.6 Å². The van der Waals surface area contributed by atoms with Gasteiger partial charge in [-0.2, -0.15) is 0 Å². The molecule has 0 radical (unpaired) electrons. The van der Waals surface area contributed by atoms with Crippen molar-refractivity contribution in [1.82, 2.24) is 4.90 Å². The minimum absolute atomic E-state index is 0.486. The molecule has 106 valence electrons. The quantitative estimate of drug-likeness (QED) is 0.886. The average molecular weight is 262 g/mol. The molecule has 1 fully saturated rings. The van der Waals surface area contributed by atoms with Gasteiger partial charge in [0.25, 0.3) is 0 Å². The van der Waals surface area contributed by atoms with E-state index in [2.05, 4.69) is 36.1 Å². The fourth-order valence-corrected chi connectivity index (χ4v) is 3.21. The molecule has 0 amide bonds. The fraction of sp³-hybridized carbons (Fsp3) is 0.625. The third-order valence-corrected chi connectivity index (χ3v) is 4.20. The van der Waals surface area contributed by atoms with Crippen LogP contribution < -0.4 is 5.73 Å². The largest absolute Gasteiger partial charge is 0.380 e. The Morgan fingerprint density at radius 3 is 2.63 bits per heavy atom. The molecule has 2 rings (SSSR count). The van der Waals surface area contributed by atoms with Crippen molar-refractivity contribution in [2.24, 2.45) is 11.7 Å². The van der Waals surface area contributed by atoms with Gasteiger partial charge < -0.3 is 10.5 Å². The molecule has 3 nitrogen and oxygen atoms in total. The SMILES string of the molecule is CCN1CCCC(CN)C1c1ccc(COC)cc1. The van der Waals surface area contributed by atoms with Crippen molar-refractivity contribution < 1.29 is 4.74 Å². The van der Waals surface area contributed by atoms with Gasteiger partial charge in [0.15, 0.2) is 0 Å². The maximum absolute atomic E-state index is 5.98. The van der Waals surface area contributed by atoms with E-state index in [1.54, 1.807) is 7.11 Å². The summed E-state index contributed by atoms with van der Waals surface area (Å²) >= 11 is 0. The van der Waals surface area contributed by atoms with Crippen LogP contribution in [0.1, 0.15) is 36.9 Å². The molecule has 0 bridgehead atoms. The van der Waals surface area contributed by atoms with Crippen LogP contribution in [0.25, 0.3) is 0 Å². The molecule has 1 aliphatic rings. The van der Waals surface area contributed by atoms with Crippen LogP contribution in [0.5, 0.6) is 0 Å². The van der Waals surface area contributed by atoms with Crippen LogP contribution in [0, 0.1) is 5.92 Å². The Kier molecular flexibility index (Phi) is 5.37. The number of hydrogen-bond donors (Lipinski definition) is 1. The van der Waals surface area contributed by atoms with Crippen molar-refractivity contribution in [3.63, 3.8) is 0 Å². The van der Waals surface area contributed by atoms with Gasteiger partial charge in [-0.05, 0) is 49.5 Å². The van der Waals surface area contributed by atoms with E-state index in [-0.39, 0.29) is 0 Å². The highest BCUT2D eigenvalue weighted by Gasteiger charge is 2.30. The van der Waals surface area contributed by atoms with Gasteiger partial charge in [0, 0.05) is 13.2 Å². The number of piperidine rings is 1. The number of benzene rings is 1. The van der Waals surface area contributed by atoms with E-state index in [4.69, 9.17) is 10.5 Å². The highest BCUT2D eigenvalue weighted by molar-refractivity contribution is 5.26. The Balaban J connectivity index is 2.19. The maximum Gasteiger partial charge on any atom is 0.0713 e. The summed E-state index contributed by atoms with van der Waals surface area (Å²) in [5.41, 5.74) is 8.61. The Labute approximate surface area is 116 Å². The number of hydrogen-bond acceptors (Lipinski definition) is 3. The molecule has 1 aliphatic heterocycles. The summed E-state index contributed by atoms with van der Waals surface area (Å²) in [5, 5.41) is 0. The zero-order valence-electron chi connectivity index (χ0n) is 12.1. The van der Waals surface area contributed by atoms with Gasteiger partial charge in [0.2, 0.25) is 0 Å². The average Bonchev–Trinajstić information content (AvgIpc) is 2.47. The van der Waals surface area contributed by atoms with Crippen LogP contribution >= 0.6 is 0 Å². The first kappa shape index (κ1) is 14.5. The molecule has 19 heavy (non-hydrogen) atoms. The maximum atomic E-state index is 5.98. The lowest BCUT2D eigenvalue weighted by Gasteiger charge is -2.41. The molecule has 2 atom stereocenters. The summed E-state index contributed by atoms with van der Waals surface area (Å²) in [7, 11) is 1.73. The third kappa shape index (κ3) is 3.35. The Morgan fingerprint density at radius 1 is 1.32 bits per heavy atom. The van der Waals surface area contributed by atoms with E-state index in [1.165, 1.54) is 30.5 Å². The summed E-state index contributed by atoms with van der Waals surface area (Å²) in [6.45, 7) is 5.99. The third-order valence-electron chi connectivity index (χ3n) is 4.20. The standard InChI is InChI=1S/C16H26N2O/c1-3-18-10-4-5-15(11-17)16(18)14-8-6-13(7-9-14)12-19-2/h6-9,15-16H,3-5,10-12,17H2,1-2H3. The van der Waals surface area contributed by atoms with Gasteiger partial charge in [-0.15, -0.1) is 0 Å². The zero-order valence-corrected chi connectivity index (χ0v) is 12.1. The topological polar surface area (TPSA) is 38.5 Å². The molecule has 1 saturated heterocycles. The minimum Gasteiger partial charge on any atom is -0.380 e. The van der Waals surface area contributed by atoms with Crippen molar-refractivity contribution in [3.8, 4) is 0 Å². The van der Waals surface area contributed by atoms with Crippen LogP contribution in [0.2, 0.25) is 0 Å². The van der Waals surface area contributed by atoms with Crippen LogP contribution in [0.15, 0.2) is 24.3 Å². The number of nitrogens with zero attached hydrogens (tertiary/aromatic N) is 1. The van der Waals surface area contributed by atoms with Crippen LogP contribution in [0.3, 0.4) is 0 Å². The van der Waals surface area contributed by atoms with Crippen molar-refractivity contribution in [2.45, 2.75) is 32.4 Å². The Bertz CT molecular complexity index is 365. The highest BCUT2D eigenvalue weighted by Crippen LogP contribution is 2.35. The number of rotatable bonds is 5. The molecule has 0 spiro atoms. The van der Waals surface area contributed by atoms with Gasteiger partial charge in [-0.25, -0.2) is 0 Å². The lowest BCUT2D eigenvalue weighted by atomic mass is 9.84. The summed E-state index contributed by atoms with van der Waals surface area (Å²) in [6.07, 6.45) is 2.52. The molecule has 2 N–H and O–H groups in total. The van der Waals surface area contributed by atoms with E-state index in [0.717, 1.165) is 13.1 Å². The first-order valence-electron chi connectivity index (χ1n) is 7.32. The monoisotopic (exact) mass is 262 g/mol. The predicted octanol–water partition coefficient (Wildman–Crippen LogP) is 2.56. The number of nitrogens with two attached hydrogens (primary N) is 1. The summed E-state index contributed by atoms with van der Waals surface area (Å²) in [5.74, 6) is 0.585. The normalized spacial score (nSPS) is 24.6. The smallest absolute Gasteiger partial charge is 0.0713 e. The first-order chi connectivity index (χ1) is 9.30. The van der Waals surface area contributed by atoms with Crippen molar-refractivity contribution in [3.05, 3.63) is 35.4 Å². The second-order valence-electron chi connectivity index (χ2n) is 5.39. The number of ether oxygens (including phenoxy) is 1. The highest BCUT2D eigenvalue weighted by atomic mass is 16.5. The minimum atomic E-state index is 0.486. The molecule has 2 unspecified atom stereocenters. The summed E-state index contributed by atoms with van der Waals surface area (Å²) < 4.78 is 5.17. The second kappa shape index (κ2) is 7.04. The lowest BCUT2D eigenvalue weighted by Crippen LogP contribution is -2.41. The van der Waals surface area contributed by atoms with E-state index >= 15 is 0 Å². The van der Waals surface area contributed by atoms with Crippen molar-refractivity contribution in [1.29, 1.82) is 0 Å². The molecule has 0 saturated carbocycles. The molecule has 1 aromatic rings. The molecule has 1 aromatic carbocycles. The van der Waals surface area contributed by atoms with Crippen molar-refractivity contribution in [2.75, 3.05) is 26.7 Å². The zero-order chi connectivity index (χ0) is 13.7. The number of likely N-dealkylation sites (tertiary alicyclic amines) is 1.